The van der Waals surface area contributed by atoms with Crippen LogP contribution in [0, 0.1) is 21.4 Å². The van der Waals surface area contributed by atoms with Crippen LogP contribution in [0.25, 0.3) is 0 Å². The summed E-state index contributed by atoms with van der Waals surface area (Å²) in [6.45, 7) is 2.97. The van der Waals surface area contributed by atoms with Gasteiger partial charge in [0.2, 0.25) is 0 Å². The Labute approximate surface area is 215 Å². The molecule has 0 saturated carbocycles. The van der Waals surface area contributed by atoms with Crippen molar-refractivity contribution in [2.75, 3.05) is 24.6 Å². The topological polar surface area (TPSA) is 121 Å². The Balaban J connectivity index is 1.74. The van der Waals surface area contributed by atoms with Gasteiger partial charge in [0.05, 0.1) is 41.9 Å². The zero-order chi connectivity index (χ0) is 25.9. The number of nitrogens with zero attached hydrogens (tertiary/aromatic N) is 5. The highest BCUT2D eigenvalue weighted by Gasteiger charge is 2.23. The van der Waals surface area contributed by atoms with Gasteiger partial charge >= 0.3 is 11.0 Å². The van der Waals surface area contributed by atoms with Gasteiger partial charge in [0.25, 0.3) is 0 Å². The monoisotopic (exact) mass is 527 g/mol. The Morgan fingerprint density at radius 1 is 1.19 bits per heavy atom. The minimum Gasteiger partial charge on any atom is -0.462 e. The molecule has 0 unspecified atom stereocenters. The Morgan fingerprint density at radius 3 is 2.53 bits per heavy atom. The van der Waals surface area contributed by atoms with Crippen molar-refractivity contribution >= 4 is 50.8 Å². The summed E-state index contributed by atoms with van der Waals surface area (Å²) in [6.07, 6.45) is 1.07. The maximum absolute atomic E-state index is 12.7. The average Bonchev–Trinajstić information content (AvgIpc) is 3.33. The van der Waals surface area contributed by atoms with E-state index in [1.165, 1.54) is 0 Å². The van der Waals surface area contributed by atoms with Gasteiger partial charge in [-0.2, -0.15) is 9.15 Å². The Bertz CT molecular complexity index is 1260. The minimum atomic E-state index is -0.697. The molecule has 0 spiro atoms. The number of rotatable bonds is 12. The highest BCUT2D eigenvalue weighted by atomic mass is 32.2. The summed E-state index contributed by atoms with van der Waals surface area (Å²) in [5.74, 6) is -0.697. The first kappa shape index (κ1) is 26.8. The van der Waals surface area contributed by atoms with E-state index in [0.717, 1.165) is 35.1 Å². The van der Waals surface area contributed by atoms with Crippen LogP contribution >= 0.6 is 23.5 Å². The molecule has 1 aromatic heterocycles. The van der Waals surface area contributed by atoms with Crippen molar-refractivity contribution < 1.29 is 18.3 Å². The fourth-order valence-corrected chi connectivity index (χ4v) is 4.27. The molecule has 12 heteroatoms. The molecule has 3 rings (SSSR count). The van der Waals surface area contributed by atoms with Gasteiger partial charge in [-0.1, -0.05) is 12.1 Å². The van der Waals surface area contributed by atoms with Gasteiger partial charge in [-0.3, -0.25) is 10.1 Å². The van der Waals surface area contributed by atoms with Crippen molar-refractivity contribution in [3.05, 3.63) is 75.8 Å². The highest BCUT2D eigenvalue weighted by molar-refractivity contribution is 7.94. The van der Waals surface area contributed by atoms with E-state index in [1.54, 1.807) is 31.2 Å². The summed E-state index contributed by atoms with van der Waals surface area (Å²) >= 11 is 0.949. The zero-order valence-corrected chi connectivity index (χ0v) is 20.9. The number of hydrogen-bond acceptors (Lipinski definition) is 10. The molecular weight excluding hydrogens is 505 g/mol. The van der Waals surface area contributed by atoms with Gasteiger partial charge in [-0.05, 0) is 66.6 Å². The Morgan fingerprint density at radius 2 is 1.92 bits per heavy atom. The minimum absolute atomic E-state index is 0.00487. The number of benzene rings is 2. The van der Waals surface area contributed by atoms with Gasteiger partial charge in [-0.25, -0.2) is 4.79 Å². The molecule has 0 aliphatic rings. The molecule has 3 aromatic rings. The van der Waals surface area contributed by atoms with Crippen LogP contribution < -0.4 is 4.90 Å². The SMILES string of the molecule is CCOC(=O)c1cc([N+](=O)[O-])sc1N=Nc1ccc(N(CCC#N)CCc2ccc(SF)cc2)cc1. The summed E-state index contributed by atoms with van der Waals surface area (Å²) in [6, 6.07) is 17.7. The van der Waals surface area contributed by atoms with Crippen LogP contribution in [0.15, 0.2) is 69.7 Å². The number of ether oxygens (including phenoxy) is 1. The molecule has 0 aliphatic carbocycles. The Hall–Kier alpha value is -3.82. The van der Waals surface area contributed by atoms with Crippen LogP contribution in [0.1, 0.15) is 29.3 Å². The normalized spacial score (nSPS) is 10.8. The molecule has 0 amide bonds. The first-order valence-corrected chi connectivity index (χ1v) is 12.4. The van der Waals surface area contributed by atoms with Crippen LogP contribution in [-0.2, 0) is 11.2 Å². The Kier molecular flexibility index (Phi) is 9.91. The summed E-state index contributed by atoms with van der Waals surface area (Å²) in [5, 5.41) is 28.2. The molecule has 0 bridgehead atoms. The van der Waals surface area contributed by atoms with Crippen molar-refractivity contribution in [2.24, 2.45) is 10.2 Å². The van der Waals surface area contributed by atoms with E-state index < -0.39 is 10.9 Å². The maximum atomic E-state index is 12.7. The van der Waals surface area contributed by atoms with Crippen LogP contribution in [0.3, 0.4) is 0 Å². The molecule has 0 saturated heterocycles. The third-order valence-corrected chi connectivity index (χ3v) is 6.44. The standard InChI is InChI=1S/C24H22FN5O4S2/c1-2-34-24(31)21-16-22(30(32)33)35-23(21)28-27-18-6-8-19(9-7-18)29(14-3-13-26)15-12-17-4-10-20(36-25)11-5-17/h4-11,16H,2-3,12,14-15H2,1H3. The molecule has 1 heterocycles. The molecule has 186 valence electrons. The maximum Gasteiger partial charge on any atom is 0.341 e. The van der Waals surface area contributed by atoms with Crippen LogP contribution in [0.4, 0.5) is 25.3 Å². The lowest BCUT2D eigenvalue weighted by Gasteiger charge is -2.24. The molecular formula is C24H22FN5O4S2. The van der Waals surface area contributed by atoms with Gasteiger partial charge < -0.3 is 9.64 Å². The average molecular weight is 528 g/mol. The van der Waals surface area contributed by atoms with Crippen molar-refractivity contribution in [3.8, 4) is 6.07 Å². The number of nitriles is 1. The second kappa shape index (κ2) is 13.3. The van der Waals surface area contributed by atoms with E-state index in [-0.39, 0.29) is 34.3 Å². The summed E-state index contributed by atoms with van der Waals surface area (Å²) in [5.41, 5.74) is 2.43. The van der Waals surface area contributed by atoms with Gasteiger partial charge in [-0.15, -0.1) is 10.2 Å². The lowest BCUT2D eigenvalue weighted by molar-refractivity contribution is -0.380. The number of halogens is 1. The van der Waals surface area contributed by atoms with E-state index in [1.807, 2.05) is 24.3 Å². The summed E-state index contributed by atoms with van der Waals surface area (Å²) in [7, 11) is 0. The number of thiophene rings is 1. The number of azo groups is 1. The van der Waals surface area contributed by atoms with E-state index in [0.29, 0.717) is 30.1 Å². The van der Waals surface area contributed by atoms with Crippen molar-refractivity contribution in [1.82, 2.24) is 0 Å². The van der Waals surface area contributed by atoms with Crippen molar-refractivity contribution in [1.29, 1.82) is 5.26 Å². The largest absolute Gasteiger partial charge is 0.462 e. The van der Waals surface area contributed by atoms with Gasteiger partial charge in [0.15, 0.2) is 5.00 Å². The third-order valence-electron chi connectivity index (χ3n) is 5.02. The van der Waals surface area contributed by atoms with E-state index in [4.69, 9.17) is 10.00 Å². The number of carbonyl (C=O) groups is 1. The van der Waals surface area contributed by atoms with Crippen molar-refractivity contribution in [3.63, 3.8) is 0 Å². The summed E-state index contributed by atoms with van der Waals surface area (Å²) < 4.78 is 17.6. The third kappa shape index (κ3) is 7.34. The van der Waals surface area contributed by atoms with Crippen LogP contribution in [0.5, 0.6) is 0 Å². The lowest BCUT2D eigenvalue weighted by Crippen LogP contribution is -2.26. The van der Waals surface area contributed by atoms with Gasteiger partial charge in [0, 0.05) is 29.7 Å². The van der Waals surface area contributed by atoms with Gasteiger partial charge in [0.1, 0.15) is 5.56 Å². The number of hydrogen-bond donors (Lipinski definition) is 0. The smallest absolute Gasteiger partial charge is 0.341 e. The fraction of sp³-hybridized carbons (Fsp3) is 0.250. The number of carbonyl (C=O) groups excluding carboxylic acids is 1. The van der Waals surface area contributed by atoms with E-state index in [2.05, 4.69) is 21.2 Å². The van der Waals surface area contributed by atoms with Crippen molar-refractivity contribution in [2.45, 2.75) is 24.7 Å². The predicted octanol–water partition coefficient (Wildman–Crippen LogP) is 7.19. The summed E-state index contributed by atoms with van der Waals surface area (Å²) in [4.78, 5) is 25.3. The lowest BCUT2D eigenvalue weighted by atomic mass is 10.1. The molecule has 9 nitrogen and oxygen atoms in total. The van der Waals surface area contributed by atoms with E-state index >= 15 is 0 Å². The first-order chi connectivity index (χ1) is 17.4. The first-order valence-electron chi connectivity index (χ1n) is 10.9. The second-order valence-corrected chi connectivity index (χ2v) is 9.00. The molecule has 2 aromatic carbocycles. The molecule has 0 aliphatic heterocycles. The molecule has 0 radical (unpaired) electrons. The second-order valence-electron chi connectivity index (χ2n) is 7.36. The highest BCUT2D eigenvalue weighted by Crippen LogP contribution is 2.37. The molecule has 0 atom stereocenters. The molecule has 36 heavy (non-hydrogen) atoms. The zero-order valence-electron chi connectivity index (χ0n) is 19.3. The van der Waals surface area contributed by atoms with Crippen LogP contribution in [0.2, 0.25) is 0 Å². The fourth-order valence-electron chi connectivity index (χ4n) is 3.25. The van der Waals surface area contributed by atoms with Crippen LogP contribution in [-0.4, -0.2) is 30.6 Å². The number of anilines is 1. The number of esters is 1. The number of nitro groups is 1. The molecule has 0 fully saturated rings. The predicted molar refractivity (Wildman–Crippen MR) is 137 cm³/mol. The molecule has 0 N–H and O–H groups in total. The quantitative estimate of drug-likeness (QED) is 0.106. The van der Waals surface area contributed by atoms with E-state index in [9.17, 15) is 18.8 Å².